The number of anilines is 4. The van der Waals surface area contributed by atoms with Gasteiger partial charge in [-0.25, -0.2) is 9.78 Å². The van der Waals surface area contributed by atoms with Gasteiger partial charge in [0.2, 0.25) is 11.9 Å². The Hall–Kier alpha value is -3.85. The molecular weight excluding hydrogens is 502 g/mol. The third-order valence-electron chi connectivity index (χ3n) is 7.56. The maximum Gasteiger partial charge on any atom is 0.314 e. The number of aryl methyl sites for hydroxylation is 1. The van der Waals surface area contributed by atoms with E-state index in [9.17, 15) is 9.59 Å². The number of fused-ring (bicyclic) bond motifs is 1. The minimum atomic E-state index is -0.613. The maximum atomic E-state index is 12.4. The molecule has 3 aromatic rings. The number of rotatable bonds is 6. The van der Waals surface area contributed by atoms with E-state index < -0.39 is 5.41 Å². The molecule has 2 aliphatic heterocycles. The first-order chi connectivity index (χ1) is 18.1. The van der Waals surface area contributed by atoms with Gasteiger partial charge in [0.05, 0.1) is 11.6 Å². The molecule has 0 atom stereocenters. The SMILES string of the molecule is Cc1cc(C2CCN(C(N)=O)CC2)ccc1Nc1ncc(Cl)c(NCc2cccc3c2C(C)(C)C(=O)N3)n1. The van der Waals surface area contributed by atoms with E-state index >= 15 is 0 Å². The summed E-state index contributed by atoms with van der Waals surface area (Å²) in [6.45, 7) is 7.73. The fraction of sp³-hybridized carbons (Fsp3) is 0.357. The van der Waals surface area contributed by atoms with Crippen LogP contribution in [0.5, 0.6) is 0 Å². The molecule has 0 saturated carbocycles. The Morgan fingerprint density at radius 3 is 2.71 bits per heavy atom. The van der Waals surface area contributed by atoms with E-state index in [2.05, 4.69) is 38.1 Å². The number of carbonyl (C=O) groups is 2. The summed E-state index contributed by atoms with van der Waals surface area (Å²) in [5, 5.41) is 9.99. The van der Waals surface area contributed by atoms with E-state index in [0.29, 0.717) is 42.3 Å². The number of urea groups is 1. The number of hydrogen-bond acceptors (Lipinski definition) is 6. The summed E-state index contributed by atoms with van der Waals surface area (Å²) >= 11 is 6.42. The molecular formula is C28H32ClN7O2. The van der Waals surface area contributed by atoms with Gasteiger partial charge in [-0.05, 0) is 73.9 Å². The van der Waals surface area contributed by atoms with Gasteiger partial charge in [-0.15, -0.1) is 0 Å². The van der Waals surface area contributed by atoms with E-state index in [1.54, 1.807) is 11.1 Å². The molecule has 10 heteroatoms. The van der Waals surface area contributed by atoms with Gasteiger partial charge >= 0.3 is 6.03 Å². The molecule has 5 N–H and O–H groups in total. The molecule has 1 fully saturated rings. The van der Waals surface area contributed by atoms with Gasteiger partial charge in [-0.3, -0.25) is 4.79 Å². The number of amides is 3. The molecule has 5 rings (SSSR count). The molecule has 198 valence electrons. The minimum Gasteiger partial charge on any atom is -0.365 e. The van der Waals surface area contributed by atoms with Crippen molar-refractivity contribution in [1.29, 1.82) is 0 Å². The normalized spacial score (nSPS) is 16.6. The largest absolute Gasteiger partial charge is 0.365 e. The topological polar surface area (TPSA) is 125 Å². The fourth-order valence-electron chi connectivity index (χ4n) is 5.35. The second-order valence-corrected chi connectivity index (χ2v) is 10.9. The van der Waals surface area contributed by atoms with Gasteiger partial charge in [-0.2, -0.15) is 4.98 Å². The number of benzene rings is 2. The van der Waals surface area contributed by atoms with Crippen molar-refractivity contribution in [2.24, 2.45) is 5.73 Å². The molecule has 1 aromatic heterocycles. The summed E-state index contributed by atoms with van der Waals surface area (Å²) in [5.41, 5.74) is 10.9. The third kappa shape index (κ3) is 4.98. The summed E-state index contributed by atoms with van der Waals surface area (Å²) < 4.78 is 0. The zero-order chi connectivity index (χ0) is 27.0. The van der Waals surface area contributed by atoms with Crippen molar-refractivity contribution in [3.05, 3.63) is 69.9 Å². The van der Waals surface area contributed by atoms with E-state index in [1.165, 1.54) is 5.56 Å². The first-order valence-corrected chi connectivity index (χ1v) is 13.1. The summed E-state index contributed by atoms with van der Waals surface area (Å²) in [7, 11) is 0. The monoisotopic (exact) mass is 533 g/mol. The highest BCUT2D eigenvalue weighted by molar-refractivity contribution is 6.32. The maximum absolute atomic E-state index is 12.4. The Bertz CT molecular complexity index is 1400. The van der Waals surface area contributed by atoms with Crippen LogP contribution in [0.3, 0.4) is 0 Å². The molecule has 9 nitrogen and oxygen atoms in total. The lowest BCUT2D eigenvalue weighted by Crippen LogP contribution is -2.41. The number of hydrogen-bond donors (Lipinski definition) is 4. The highest BCUT2D eigenvalue weighted by Crippen LogP contribution is 2.40. The fourth-order valence-corrected chi connectivity index (χ4v) is 5.50. The quantitative estimate of drug-likeness (QED) is 0.341. The number of piperidine rings is 1. The van der Waals surface area contributed by atoms with Crippen LogP contribution < -0.4 is 21.7 Å². The Morgan fingerprint density at radius 2 is 2.00 bits per heavy atom. The molecule has 0 bridgehead atoms. The molecule has 0 aliphatic carbocycles. The number of likely N-dealkylation sites (tertiary alicyclic amines) is 1. The number of nitrogens with two attached hydrogens (primary N) is 1. The molecule has 0 radical (unpaired) electrons. The minimum absolute atomic E-state index is 0.0102. The highest BCUT2D eigenvalue weighted by Gasteiger charge is 2.39. The summed E-state index contributed by atoms with van der Waals surface area (Å²) in [6.07, 6.45) is 3.37. The number of nitrogens with zero attached hydrogens (tertiary/aromatic N) is 3. The van der Waals surface area contributed by atoms with Crippen LogP contribution in [0, 0.1) is 6.92 Å². The van der Waals surface area contributed by atoms with Crippen molar-refractivity contribution < 1.29 is 9.59 Å². The number of aromatic nitrogens is 2. The van der Waals surface area contributed by atoms with Gasteiger partial charge in [0, 0.05) is 31.0 Å². The number of primary amides is 1. The predicted octanol–water partition coefficient (Wildman–Crippen LogP) is 5.28. The van der Waals surface area contributed by atoms with Gasteiger partial charge in [0.1, 0.15) is 5.02 Å². The van der Waals surface area contributed by atoms with Crippen LogP contribution in [-0.2, 0) is 16.8 Å². The van der Waals surface area contributed by atoms with Crippen LogP contribution in [-0.4, -0.2) is 39.9 Å². The van der Waals surface area contributed by atoms with Crippen molar-refractivity contribution in [3.63, 3.8) is 0 Å². The molecule has 3 heterocycles. The first kappa shape index (κ1) is 25.8. The third-order valence-corrected chi connectivity index (χ3v) is 7.83. The summed E-state index contributed by atoms with van der Waals surface area (Å²) in [5.74, 6) is 1.32. The second kappa shape index (κ2) is 10.1. The van der Waals surface area contributed by atoms with Crippen molar-refractivity contribution >= 4 is 46.7 Å². The summed E-state index contributed by atoms with van der Waals surface area (Å²) in [4.78, 5) is 34.5. The standard InChI is InChI=1S/C28H32ClN7O2/c1-16-13-18(17-9-11-36(12-10-17)26(30)38)7-8-21(16)34-27-32-15-20(29)24(35-27)31-14-19-5-4-6-22-23(19)28(2,3)25(37)33-22/h4-8,13,15,17H,9-12,14H2,1-3H3,(H2,30,38)(H,33,37)(H2,31,32,34,35). The van der Waals surface area contributed by atoms with E-state index in [1.807, 2.05) is 45.0 Å². The molecule has 1 saturated heterocycles. The number of carbonyl (C=O) groups excluding carboxylic acids is 2. The Morgan fingerprint density at radius 1 is 1.24 bits per heavy atom. The van der Waals surface area contributed by atoms with Gasteiger partial charge in [0.25, 0.3) is 0 Å². The van der Waals surface area contributed by atoms with Crippen LogP contribution in [0.25, 0.3) is 0 Å². The Kier molecular flexibility index (Phi) is 6.88. The van der Waals surface area contributed by atoms with Gasteiger partial charge < -0.3 is 26.6 Å². The lowest BCUT2D eigenvalue weighted by Gasteiger charge is -2.31. The van der Waals surface area contributed by atoms with Crippen LogP contribution in [0.4, 0.5) is 27.9 Å². The number of nitrogens with one attached hydrogen (secondary N) is 3. The van der Waals surface area contributed by atoms with E-state index in [4.69, 9.17) is 17.3 Å². The zero-order valence-electron chi connectivity index (χ0n) is 21.8. The van der Waals surface area contributed by atoms with Gasteiger partial charge in [-0.1, -0.05) is 35.9 Å². The molecule has 38 heavy (non-hydrogen) atoms. The van der Waals surface area contributed by atoms with E-state index in [0.717, 1.165) is 40.9 Å². The highest BCUT2D eigenvalue weighted by atomic mass is 35.5. The smallest absolute Gasteiger partial charge is 0.314 e. The van der Waals surface area contributed by atoms with Gasteiger partial charge in [0.15, 0.2) is 5.82 Å². The predicted molar refractivity (Wildman–Crippen MR) is 150 cm³/mol. The van der Waals surface area contributed by atoms with Crippen molar-refractivity contribution in [1.82, 2.24) is 14.9 Å². The van der Waals surface area contributed by atoms with Crippen LogP contribution in [0.1, 0.15) is 54.9 Å². The average molecular weight is 534 g/mol. The molecule has 2 aliphatic rings. The average Bonchev–Trinajstić information content (AvgIpc) is 3.13. The molecule has 3 amide bonds. The molecule has 0 unspecified atom stereocenters. The molecule has 0 spiro atoms. The first-order valence-electron chi connectivity index (χ1n) is 12.8. The van der Waals surface area contributed by atoms with Crippen molar-refractivity contribution in [3.8, 4) is 0 Å². The zero-order valence-corrected chi connectivity index (χ0v) is 22.5. The second-order valence-electron chi connectivity index (χ2n) is 10.5. The summed E-state index contributed by atoms with van der Waals surface area (Å²) in [6, 6.07) is 11.8. The lowest BCUT2D eigenvalue weighted by molar-refractivity contribution is -0.119. The van der Waals surface area contributed by atoms with Crippen molar-refractivity contribution in [2.75, 3.05) is 29.0 Å². The van der Waals surface area contributed by atoms with E-state index in [-0.39, 0.29) is 11.9 Å². The van der Waals surface area contributed by atoms with Crippen molar-refractivity contribution in [2.45, 2.75) is 51.5 Å². The Balaban J connectivity index is 1.28. The van der Waals surface area contributed by atoms with Crippen LogP contribution in [0.2, 0.25) is 5.02 Å². The van der Waals surface area contributed by atoms with Crippen LogP contribution >= 0.6 is 11.6 Å². The Labute approximate surface area is 227 Å². The number of halogens is 1. The molecule has 2 aromatic carbocycles. The lowest BCUT2D eigenvalue weighted by atomic mass is 9.83. The van der Waals surface area contributed by atoms with Crippen LogP contribution in [0.15, 0.2) is 42.6 Å².